The van der Waals surface area contributed by atoms with Crippen LogP contribution in [0, 0.1) is 6.92 Å². The lowest BCUT2D eigenvalue weighted by atomic mass is 9.99. The molecule has 112 valence electrons. The van der Waals surface area contributed by atoms with Crippen LogP contribution >= 0.6 is 0 Å². The van der Waals surface area contributed by atoms with Crippen LogP contribution in [0.25, 0.3) is 11.0 Å². The lowest BCUT2D eigenvalue weighted by Gasteiger charge is -2.32. The fourth-order valence-electron chi connectivity index (χ4n) is 3.36. The van der Waals surface area contributed by atoms with Gasteiger partial charge in [0.25, 0.3) is 0 Å². The Bertz CT molecular complexity index is 818. The van der Waals surface area contributed by atoms with Crippen molar-refractivity contribution in [2.75, 3.05) is 6.54 Å². The number of aryl methyl sites for hydroxylation is 1. The van der Waals surface area contributed by atoms with Crippen LogP contribution in [0.4, 0.5) is 0 Å². The van der Waals surface area contributed by atoms with E-state index in [0.29, 0.717) is 6.04 Å². The molecule has 0 saturated heterocycles. The number of hydrogen-bond acceptors (Lipinski definition) is 2. The van der Waals surface area contributed by atoms with Crippen molar-refractivity contribution < 1.29 is 0 Å². The number of aromatic nitrogens is 2. The Balaban J connectivity index is 1.62. The maximum Gasteiger partial charge on any atom is 0.124 e. The molecule has 0 bridgehead atoms. The molecule has 1 atom stereocenters. The van der Waals surface area contributed by atoms with Crippen molar-refractivity contribution in [1.29, 1.82) is 0 Å². The molecule has 1 unspecified atom stereocenters. The Morgan fingerprint density at radius 3 is 2.82 bits per heavy atom. The number of benzene rings is 2. The Labute approximate surface area is 131 Å². The average Bonchev–Trinajstić information content (AvgIpc) is 2.96. The van der Waals surface area contributed by atoms with Gasteiger partial charge in [-0.1, -0.05) is 30.3 Å². The zero-order chi connectivity index (χ0) is 15.1. The maximum atomic E-state index is 4.79. The lowest BCUT2D eigenvalue weighted by molar-refractivity contribution is 0.186. The van der Waals surface area contributed by atoms with Gasteiger partial charge in [0.2, 0.25) is 0 Å². The lowest BCUT2D eigenvalue weighted by Crippen LogP contribution is -2.33. The number of H-pyrrole nitrogens is 1. The van der Waals surface area contributed by atoms with E-state index in [9.17, 15) is 0 Å². The molecule has 0 fully saturated rings. The number of fused-ring (bicyclic) bond motifs is 2. The summed E-state index contributed by atoms with van der Waals surface area (Å²) in [5.74, 6) is 1.07. The SMILES string of the molecule is Cc1ccc2nc(C(C)N3CCc4ccccc4C3)[nH]c2c1. The number of nitrogens with zero attached hydrogens (tertiary/aromatic N) is 2. The number of aromatic amines is 1. The van der Waals surface area contributed by atoms with Crippen molar-refractivity contribution in [2.45, 2.75) is 32.9 Å². The third kappa shape index (κ3) is 2.32. The van der Waals surface area contributed by atoms with Crippen molar-refractivity contribution in [3.05, 3.63) is 65.0 Å². The van der Waals surface area contributed by atoms with Gasteiger partial charge >= 0.3 is 0 Å². The summed E-state index contributed by atoms with van der Waals surface area (Å²) in [7, 11) is 0. The zero-order valence-electron chi connectivity index (χ0n) is 13.1. The molecule has 1 aromatic heterocycles. The average molecular weight is 291 g/mol. The van der Waals surface area contributed by atoms with Crippen LogP contribution in [-0.4, -0.2) is 21.4 Å². The van der Waals surface area contributed by atoms with Gasteiger partial charge in [0.15, 0.2) is 0 Å². The fraction of sp³-hybridized carbons (Fsp3) is 0.316. The van der Waals surface area contributed by atoms with Crippen LogP contribution in [0.1, 0.15) is 35.5 Å². The van der Waals surface area contributed by atoms with E-state index >= 15 is 0 Å². The maximum absolute atomic E-state index is 4.79. The zero-order valence-corrected chi connectivity index (χ0v) is 13.1. The Morgan fingerprint density at radius 2 is 1.95 bits per heavy atom. The largest absolute Gasteiger partial charge is 0.341 e. The molecule has 1 N–H and O–H groups in total. The van der Waals surface area contributed by atoms with Crippen LogP contribution in [-0.2, 0) is 13.0 Å². The first-order valence-corrected chi connectivity index (χ1v) is 7.98. The first kappa shape index (κ1) is 13.5. The van der Waals surface area contributed by atoms with E-state index in [-0.39, 0.29) is 0 Å². The van der Waals surface area contributed by atoms with Crippen molar-refractivity contribution in [1.82, 2.24) is 14.9 Å². The second-order valence-corrected chi connectivity index (χ2v) is 6.31. The third-order valence-electron chi connectivity index (χ3n) is 4.76. The van der Waals surface area contributed by atoms with Gasteiger partial charge in [-0.25, -0.2) is 4.98 Å². The molecule has 1 aliphatic rings. The molecule has 3 heteroatoms. The molecule has 0 amide bonds. The number of rotatable bonds is 2. The fourth-order valence-corrected chi connectivity index (χ4v) is 3.36. The van der Waals surface area contributed by atoms with Gasteiger partial charge in [-0.2, -0.15) is 0 Å². The molecule has 4 rings (SSSR count). The van der Waals surface area contributed by atoms with Crippen LogP contribution in [0.2, 0.25) is 0 Å². The molecule has 3 nitrogen and oxygen atoms in total. The number of hydrogen-bond donors (Lipinski definition) is 1. The summed E-state index contributed by atoms with van der Waals surface area (Å²) in [6.45, 7) is 6.46. The van der Waals surface area contributed by atoms with Gasteiger partial charge in [0.05, 0.1) is 17.1 Å². The standard InChI is InChI=1S/C19H21N3/c1-13-7-8-17-18(11-13)21-19(20-17)14(2)22-10-9-15-5-3-4-6-16(15)12-22/h3-8,11,14H,9-10,12H2,1-2H3,(H,20,21). The molecule has 3 aromatic rings. The first-order chi connectivity index (χ1) is 10.7. The van der Waals surface area contributed by atoms with E-state index in [2.05, 4.69) is 66.2 Å². The Hall–Kier alpha value is -2.13. The smallest absolute Gasteiger partial charge is 0.124 e. The highest BCUT2D eigenvalue weighted by Gasteiger charge is 2.23. The molecule has 0 spiro atoms. The highest BCUT2D eigenvalue weighted by molar-refractivity contribution is 5.75. The second-order valence-electron chi connectivity index (χ2n) is 6.31. The van der Waals surface area contributed by atoms with E-state index in [1.807, 2.05) is 0 Å². The molecular formula is C19H21N3. The monoisotopic (exact) mass is 291 g/mol. The predicted molar refractivity (Wildman–Crippen MR) is 89.8 cm³/mol. The topological polar surface area (TPSA) is 31.9 Å². The first-order valence-electron chi connectivity index (χ1n) is 7.98. The quantitative estimate of drug-likeness (QED) is 0.774. The summed E-state index contributed by atoms with van der Waals surface area (Å²) in [4.78, 5) is 10.8. The summed E-state index contributed by atoms with van der Waals surface area (Å²) < 4.78 is 0. The highest BCUT2D eigenvalue weighted by atomic mass is 15.2. The van der Waals surface area contributed by atoms with Gasteiger partial charge < -0.3 is 4.98 Å². The van der Waals surface area contributed by atoms with Gasteiger partial charge in [-0.15, -0.1) is 0 Å². The van der Waals surface area contributed by atoms with E-state index < -0.39 is 0 Å². The van der Waals surface area contributed by atoms with Crippen LogP contribution in [0.15, 0.2) is 42.5 Å². The van der Waals surface area contributed by atoms with E-state index in [1.54, 1.807) is 0 Å². The Morgan fingerprint density at radius 1 is 1.14 bits per heavy atom. The summed E-state index contributed by atoms with van der Waals surface area (Å²) in [6.07, 6.45) is 1.12. The molecular weight excluding hydrogens is 270 g/mol. The van der Waals surface area contributed by atoms with E-state index in [0.717, 1.165) is 36.4 Å². The van der Waals surface area contributed by atoms with Crippen LogP contribution in [0.3, 0.4) is 0 Å². The van der Waals surface area contributed by atoms with Crippen LogP contribution in [0.5, 0.6) is 0 Å². The molecule has 2 aromatic carbocycles. The molecule has 0 aliphatic carbocycles. The van der Waals surface area contributed by atoms with Gasteiger partial charge in [0, 0.05) is 13.1 Å². The molecule has 22 heavy (non-hydrogen) atoms. The molecule has 1 aliphatic heterocycles. The van der Waals surface area contributed by atoms with Gasteiger partial charge in [0.1, 0.15) is 5.82 Å². The molecule has 0 saturated carbocycles. The summed E-state index contributed by atoms with van der Waals surface area (Å²) in [5, 5.41) is 0. The Kier molecular flexibility index (Phi) is 3.23. The van der Waals surface area contributed by atoms with Crippen molar-refractivity contribution in [3.8, 4) is 0 Å². The highest BCUT2D eigenvalue weighted by Crippen LogP contribution is 2.27. The van der Waals surface area contributed by atoms with E-state index in [4.69, 9.17) is 4.98 Å². The van der Waals surface area contributed by atoms with Gasteiger partial charge in [-0.05, 0) is 49.1 Å². The van der Waals surface area contributed by atoms with E-state index in [1.165, 1.54) is 16.7 Å². The van der Waals surface area contributed by atoms with Crippen molar-refractivity contribution >= 4 is 11.0 Å². The number of nitrogens with one attached hydrogen (secondary N) is 1. The normalized spacial score (nSPS) is 16.6. The number of imidazole rings is 1. The van der Waals surface area contributed by atoms with Crippen LogP contribution < -0.4 is 0 Å². The predicted octanol–water partition coefficient (Wildman–Crippen LogP) is 3.99. The summed E-state index contributed by atoms with van der Waals surface area (Å²) in [5.41, 5.74) is 6.41. The minimum atomic E-state index is 0.307. The summed E-state index contributed by atoms with van der Waals surface area (Å²) >= 11 is 0. The van der Waals surface area contributed by atoms with Gasteiger partial charge in [-0.3, -0.25) is 4.90 Å². The molecule has 0 radical (unpaired) electrons. The summed E-state index contributed by atoms with van der Waals surface area (Å²) in [6, 6.07) is 15.5. The minimum Gasteiger partial charge on any atom is -0.341 e. The minimum absolute atomic E-state index is 0.307. The molecule has 2 heterocycles. The third-order valence-corrected chi connectivity index (χ3v) is 4.76. The van der Waals surface area contributed by atoms with Crippen molar-refractivity contribution in [2.24, 2.45) is 0 Å². The van der Waals surface area contributed by atoms with Crippen molar-refractivity contribution in [3.63, 3.8) is 0 Å². The second kappa shape index (κ2) is 5.25.